The van der Waals surface area contributed by atoms with Crippen molar-refractivity contribution in [1.29, 1.82) is 0 Å². The molecule has 5 heteroatoms. The molecule has 0 atom stereocenters. The molecule has 0 heterocycles. The van der Waals surface area contributed by atoms with Gasteiger partial charge in [-0.25, -0.2) is 4.79 Å². The largest absolute Gasteiger partial charge is 0.462 e. The molecule has 0 spiro atoms. The van der Waals surface area contributed by atoms with Crippen molar-refractivity contribution in [3.63, 3.8) is 0 Å². The van der Waals surface area contributed by atoms with Gasteiger partial charge in [0.25, 0.3) is 0 Å². The fourth-order valence-electron chi connectivity index (χ4n) is 0.732. The van der Waals surface area contributed by atoms with E-state index in [1.54, 1.807) is 6.92 Å². The molecule has 0 bridgehead atoms. The first kappa shape index (κ1) is 13.6. The minimum atomic E-state index is -0.479. The van der Waals surface area contributed by atoms with E-state index in [1.165, 1.54) is 0 Å². The van der Waals surface area contributed by atoms with Gasteiger partial charge in [-0.2, -0.15) is 0 Å². The van der Waals surface area contributed by atoms with E-state index in [0.29, 0.717) is 25.0 Å². The first-order valence-electron chi connectivity index (χ1n) is 4.76. The zero-order chi connectivity index (χ0) is 11.7. The summed E-state index contributed by atoms with van der Waals surface area (Å²) < 4.78 is 9.49. The summed E-state index contributed by atoms with van der Waals surface area (Å²) in [4.78, 5) is 21.8. The Morgan fingerprint density at radius 3 is 2.40 bits per heavy atom. The molecule has 86 valence electrons. The van der Waals surface area contributed by atoms with E-state index in [2.05, 4.69) is 6.58 Å². The average molecular weight is 215 g/mol. The first-order chi connectivity index (χ1) is 7.07. The number of carbonyl (C=O) groups is 2. The fourth-order valence-corrected chi connectivity index (χ4v) is 0.732. The van der Waals surface area contributed by atoms with Crippen molar-refractivity contribution in [2.75, 3.05) is 19.8 Å². The normalized spacial score (nSPS) is 9.47. The lowest BCUT2D eigenvalue weighted by Gasteiger charge is -2.05. The molecular weight excluding hydrogens is 198 g/mol. The average Bonchev–Trinajstić information content (AvgIpc) is 2.20. The van der Waals surface area contributed by atoms with Crippen molar-refractivity contribution in [2.45, 2.75) is 19.8 Å². The molecule has 0 amide bonds. The van der Waals surface area contributed by atoms with Gasteiger partial charge >= 0.3 is 11.9 Å². The third-order valence-electron chi connectivity index (χ3n) is 1.51. The quantitative estimate of drug-likeness (QED) is 0.377. The summed E-state index contributed by atoms with van der Waals surface area (Å²) in [5, 5.41) is 0. The van der Waals surface area contributed by atoms with E-state index in [1.807, 2.05) is 0 Å². The topological polar surface area (TPSA) is 78.6 Å². The van der Waals surface area contributed by atoms with Crippen LogP contribution in [0.4, 0.5) is 0 Å². The van der Waals surface area contributed by atoms with Crippen LogP contribution in [0, 0.1) is 0 Å². The lowest BCUT2D eigenvalue weighted by molar-refractivity contribution is -0.150. The third-order valence-corrected chi connectivity index (χ3v) is 1.51. The van der Waals surface area contributed by atoms with Gasteiger partial charge in [-0.15, -0.1) is 0 Å². The highest BCUT2D eigenvalue weighted by molar-refractivity contribution is 5.86. The predicted octanol–water partition coefficient (Wildman–Crippen LogP) is 0.388. The summed E-state index contributed by atoms with van der Waals surface area (Å²) in [5.74, 6) is -0.806. The van der Waals surface area contributed by atoms with Gasteiger partial charge in [0.05, 0.1) is 0 Å². The number of nitrogens with two attached hydrogens (primary N) is 1. The highest BCUT2D eigenvalue weighted by atomic mass is 16.6. The van der Waals surface area contributed by atoms with Gasteiger partial charge < -0.3 is 15.2 Å². The molecule has 0 aliphatic heterocycles. The van der Waals surface area contributed by atoms with Crippen LogP contribution in [0.15, 0.2) is 12.2 Å². The Morgan fingerprint density at radius 2 is 1.87 bits per heavy atom. The van der Waals surface area contributed by atoms with E-state index in [0.717, 1.165) is 0 Å². The van der Waals surface area contributed by atoms with E-state index in [9.17, 15) is 9.59 Å². The summed E-state index contributed by atoms with van der Waals surface area (Å²) >= 11 is 0. The molecule has 15 heavy (non-hydrogen) atoms. The monoisotopic (exact) mass is 215 g/mol. The van der Waals surface area contributed by atoms with E-state index >= 15 is 0 Å². The zero-order valence-corrected chi connectivity index (χ0v) is 8.95. The van der Waals surface area contributed by atoms with Crippen LogP contribution in [-0.2, 0) is 19.1 Å². The molecule has 0 saturated heterocycles. The zero-order valence-electron chi connectivity index (χ0n) is 8.95. The Morgan fingerprint density at radius 1 is 1.27 bits per heavy atom. The van der Waals surface area contributed by atoms with Gasteiger partial charge in [-0.05, 0) is 19.9 Å². The Labute approximate surface area is 89.2 Å². The highest BCUT2D eigenvalue weighted by Gasteiger charge is 2.04. The molecule has 0 aliphatic rings. The number of ether oxygens (including phenoxy) is 2. The lowest BCUT2D eigenvalue weighted by Crippen LogP contribution is -2.14. The van der Waals surface area contributed by atoms with Gasteiger partial charge in [0.1, 0.15) is 13.2 Å². The third kappa shape index (κ3) is 7.69. The maximum absolute atomic E-state index is 10.9. The van der Waals surface area contributed by atoms with Crippen LogP contribution in [0.5, 0.6) is 0 Å². The van der Waals surface area contributed by atoms with Crippen LogP contribution in [0.3, 0.4) is 0 Å². The molecule has 0 saturated carbocycles. The van der Waals surface area contributed by atoms with E-state index in [-0.39, 0.29) is 19.2 Å². The molecule has 2 N–H and O–H groups in total. The molecule has 5 nitrogen and oxygen atoms in total. The Bertz CT molecular complexity index is 238. The highest BCUT2D eigenvalue weighted by Crippen LogP contribution is 1.94. The Balaban J connectivity index is 3.42. The van der Waals surface area contributed by atoms with Crippen LogP contribution in [-0.4, -0.2) is 31.7 Å². The van der Waals surface area contributed by atoms with Gasteiger partial charge in [0.2, 0.25) is 0 Å². The van der Waals surface area contributed by atoms with Crippen LogP contribution in [0.25, 0.3) is 0 Å². The second-order valence-corrected chi connectivity index (χ2v) is 3.03. The van der Waals surface area contributed by atoms with Crippen molar-refractivity contribution in [2.24, 2.45) is 5.73 Å². The maximum atomic E-state index is 10.9. The van der Waals surface area contributed by atoms with Crippen LogP contribution in [0.2, 0.25) is 0 Å². The van der Waals surface area contributed by atoms with Crippen LogP contribution in [0.1, 0.15) is 19.8 Å². The molecule has 0 fully saturated rings. The molecule has 0 unspecified atom stereocenters. The number of esters is 2. The summed E-state index contributed by atoms with van der Waals surface area (Å²) in [6.07, 6.45) is 0.898. The molecule has 0 radical (unpaired) electrons. The van der Waals surface area contributed by atoms with E-state index < -0.39 is 5.97 Å². The minimum Gasteiger partial charge on any atom is -0.462 e. The van der Waals surface area contributed by atoms with Gasteiger partial charge in [-0.1, -0.05) is 6.58 Å². The number of hydrogen-bond acceptors (Lipinski definition) is 5. The predicted molar refractivity (Wildman–Crippen MR) is 55.0 cm³/mol. The first-order valence-corrected chi connectivity index (χ1v) is 4.76. The van der Waals surface area contributed by atoms with Crippen molar-refractivity contribution in [3.8, 4) is 0 Å². The molecule has 0 aromatic heterocycles. The summed E-state index contributed by atoms with van der Waals surface area (Å²) in [5.41, 5.74) is 5.54. The standard InChI is InChI=1S/C10H17NO4/c1-8(2)10(13)15-7-6-14-9(12)4-3-5-11/h1,3-7,11H2,2H3. The summed E-state index contributed by atoms with van der Waals surface area (Å²) in [6, 6.07) is 0. The van der Waals surface area contributed by atoms with Gasteiger partial charge in [0, 0.05) is 12.0 Å². The second-order valence-electron chi connectivity index (χ2n) is 3.03. The lowest BCUT2D eigenvalue weighted by atomic mass is 10.3. The fraction of sp³-hybridized carbons (Fsp3) is 0.600. The number of rotatable bonds is 7. The molecule has 0 aromatic carbocycles. The SMILES string of the molecule is C=C(C)C(=O)OCCOC(=O)CCCN. The molecular formula is C10H17NO4. The second kappa shape index (κ2) is 7.99. The summed E-state index contributed by atoms with van der Waals surface area (Å²) in [6.45, 7) is 5.55. The number of carbonyl (C=O) groups excluding carboxylic acids is 2. The van der Waals surface area contributed by atoms with Gasteiger partial charge in [0.15, 0.2) is 0 Å². The molecule has 0 aliphatic carbocycles. The minimum absolute atomic E-state index is 0.0556. The van der Waals surface area contributed by atoms with Crippen LogP contribution >= 0.6 is 0 Å². The van der Waals surface area contributed by atoms with Gasteiger partial charge in [-0.3, -0.25) is 4.79 Å². The van der Waals surface area contributed by atoms with E-state index in [4.69, 9.17) is 15.2 Å². The van der Waals surface area contributed by atoms with Crippen molar-refractivity contribution in [3.05, 3.63) is 12.2 Å². The molecule has 0 rings (SSSR count). The summed E-state index contributed by atoms with van der Waals surface area (Å²) in [7, 11) is 0. The van der Waals surface area contributed by atoms with Crippen molar-refractivity contribution >= 4 is 11.9 Å². The van der Waals surface area contributed by atoms with Crippen LogP contribution < -0.4 is 5.73 Å². The van der Waals surface area contributed by atoms with Crippen molar-refractivity contribution < 1.29 is 19.1 Å². The Hall–Kier alpha value is -1.36. The Kier molecular flexibility index (Phi) is 7.27. The maximum Gasteiger partial charge on any atom is 0.333 e. The van der Waals surface area contributed by atoms with Crippen molar-refractivity contribution in [1.82, 2.24) is 0 Å². The molecule has 0 aromatic rings. The smallest absolute Gasteiger partial charge is 0.333 e. The number of hydrogen-bond donors (Lipinski definition) is 1.